The van der Waals surface area contributed by atoms with E-state index in [1.54, 1.807) is 0 Å². The summed E-state index contributed by atoms with van der Waals surface area (Å²) in [6.07, 6.45) is 5.50. The van der Waals surface area contributed by atoms with Crippen LogP contribution in [0, 0.1) is 0 Å². The van der Waals surface area contributed by atoms with Crippen molar-refractivity contribution in [1.82, 2.24) is 0 Å². The second kappa shape index (κ2) is 6.05. The van der Waals surface area contributed by atoms with Crippen LogP contribution >= 0.6 is 0 Å². The lowest BCUT2D eigenvalue weighted by molar-refractivity contribution is -0.125. The predicted molar refractivity (Wildman–Crippen MR) is 77.0 cm³/mol. The van der Waals surface area contributed by atoms with Crippen LogP contribution in [0.25, 0.3) is 0 Å². The number of allylic oxidation sites excluding steroid dienone is 2. The number of hydrogen-bond acceptors (Lipinski definition) is 2. The third kappa shape index (κ3) is 2.58. The molecule has 0 amide bonds. The molecule has 0 fully saturated rings. The van der Waals surface area contributed by atoms with Gasteiger partial charge in [-0.3, -0.25) is 4.79 Å². The zero-order chi connectivity index (χ0) is 13.7. The molecule has 0 spiro atoms. The average molecular weight is 258 g/mol. The molecule has 0 aromatic heterocycles. The Bertz CT molecular complexity index is 455. The summed E-state index contributed by atoms with van der Waals surface area (Å²) in [5.41, 5.74) is 0.657. The van der Waals surface area contributed by atoms with Gasteiger partial charge in [0.05, 0.1) is 12.0 Å². The highest BCUT2D eigenvalue weighted by atomic mass is 16.5. The molecule has 102 valence electrons. The molecule has 0 unspecified atom stereocenters. The normalized spacial score (nSPS) is 15.6. The SMILES string of the molecule is CCC(CC)(C(=O)C1=CCCCO1)c1ccccc1. The maximum atomic E-state index is 12.9. The number of benzene rings is 1. The van der Waals surface area contributed by atoms with Crippen molar-refractivity contribution in [1.29, 1.82) is 0 Å². The van der Waals surface area contributed by atoms with E-state index in [-0.39, 0.29) is 5.78 Å². The molecule has 0 atom stereocenters. The highest BCUT2D eigenvalue weighted by Gasteiger charge is 2.39. The van der Waals surface area contributed by atoms with Gasteiger partial charge >= 0.3 is 0 Å². The fourth-order valence-electron chi connectivity index (χ4n) is 2.82. The lowest BCUT2D eigenvalue weighted by atomic mass is 9.71. The number of rotatable bonds is 5. The molecule has 0 bridgehead atoms. The van der Waals surface area contributed by atoms with Crippen molar-refractivity contribution in [2.75, 3.05) is 6.61 Å². The molecule has 1 aliphatic heterocycles. The zero-order valence-corrected chi connectivity index (χ0v) is 11.8. The van der Waals surface area contributed by atoms with Gasteiger partial charge in [-0.1, -0.05) is 44.2 Å². The maximum absolute atomic E-state index is 12.9. The molecule has 0 aliphatic carbocycles. The summed E-state index contributed by atoms with van der Waals surface area (Å²) in [6.45, 7) is 4.82. The molecule has 1 heterocycles. The third-order valence-electron chi connectivity index (χ3n) is 4.13. The topological polar surface area (TPSA) is 26.3 Å². The third-order valence-corrected chi connectivity index (χ3v) is 4.13. The van der Waals surface area contributed by atoms with E-state index < -0.39 is 5.41 Å². The number of ether oxygens (including phenoxy) is 1. The van der Waals surface area contributed by atoms with Crippen LogP contribution in [0.1, 0.15) is 45.1 Å². The molecular formula is C17H22O2. The van der Waals surface area contributed by atoms with Crippen molar-refractivity contribution in [2.45, 2.75) is 44.9 Å². The fraction of sp³-hybridized carbons (Fsp3) is 0.471. The summed E-state index contributed by atoms with van der Waals surface area (Å²) in [6, 6.07) is 10.1. The van der Waals surface area contributed by atoms with E-state index in [9.17, 15) is 4.79 Å². The van der Waals surface area contributed by atoms with Crippen molar-refractivity contribution in [3.63, 3.8) is 0 Å². The Hall–Kier alpha value is -1.57. The van der Waals surface area contributed by atoms with Crippen LogP contribution in [0.5, 0.6) is 0 Å². The monoisotopic (exact) mass is 258 g/mol. The summed E-state index contributed by atoms with van der Waals surface area (Å²) in [5.74, 6) is 0.710. The van der Waals surface area contributed by atoms with Gasteiger partial charge in [-0.2, -0.15) is 0 Å². The molecular weight excluding hydrogens is 236 g/mol. The van der Waals surface area contributed by atoms with Crippen LogP contribution in [0.4, 0.5) is 0 Å². The van der Waals surface area contributed by atoms with Gasteiger partial charge in [-0.25, -0.2) is 0 Å². The number of hydrogen-bond donors (Lipinski definition) is 0. The first-order valence-corrected chi connectivity index (χ1v) is 7.18. The van der Waals surface area contributed by atoms with Gasteiger partial charge < -0.3 is 4.74 Å². The van der Waals surface area contributed by atoms with Crippen molar-refractivity contribution in [2.24, 2.45) is 0 Å². The van der Waals surface area contributed by atoms with Gasteiger partial charge in [-0.15, -0.1) is 0 Å². The van der Waals surface area contributed by atoms with Gasteiger partial charge in [0.1, 0.15) is 0 Å². The largest absolute Gasteiger partial charge is 0.490 e. The lowest BCUT2D eigenvalue weighted by Gasteiger charge is -2.32. The zero-order valence-electron chi connectivity index (χ0n) is 11.8. The average Bonchev–Trinajstić information content (AvgIpc) is 2.51. The highest BCUT2D eigenvalue weighted by molar-refractivity contribution is 6.02. The summed E-state index contributed by atoms with van der Waals surface area (Å²) >= 11 is 0. The molecule has 2 nitrogen and oxygen atoms in total. The van der Waals surface area contributed by atoms with Crippen LogP contribution < -0.4 is 0 Å². The predicted octanol–water partition coefficient (Wildman–Crippen LogP) is 4.01. The van der Waals surface area contributed by atoms with E-state index >= 15 is 0 Å². The molecule has 0 saturated heterocycles. The Balaban J connectivity index is 2.39. The number of carbonyl (C=O) groups excluding carboxylic acids is 1. The molecule has 0 radical (unpaired) electrons. The highest BCUT2D eigenvalue weighted by Crippen LogP contribution is 2.35. The number of Topliss-reactive ketones (excluding diaryl/α,β-unsaturated/α-hetero) is 1. The van der Waals surface area contributed by atoms with E-state index in [0.717, 1.165) is 31.2 Å². The van der Waals surface area contributed by atoms with E-state index in [0.29, 0.717) is 12.4 Å². The first-order valence-electron chi connectivity index (χ1n) is 7.18. The van der Waals surface area contributed by atoms with Crippen molar-refractivity contribution in [3.05, 3.63) is 47.7 Å². The molecule has 0 N–H and O–H groups in total. The Labute approximate surface area is 115 Å². The Morgan fingerprint density at radius 3 is 2.42 bits per heavy atom. The van der Waals surface area contributed by atoms with Crippen molar-refractivity contribution in [3.8, 4) is 0 Å². The number of ketones is 1. The quantitative estimate of drug-likeness (QED) is 0.797. The molecule has 1 aromatic carbocycles. The minimum atomic E-state index is -0.440. The van der Waals surface area contributed by atoms with Crippen LogP contribution in [0.3, 0.4) is 0 Å². The van der Waals surface area contributed by atoms with E-state index in [1.165, 1.54) is 0 Å². The summed E-state index contributed by atoms with van der Waals surface area (Å²) < 4.78 is 5.58. The van der Waals surface area contributed by atoms with Gasteiger partial charge in [0.25, 0.3) is 0 Å². The summed E-state index contributed by atoms with van der Waals surface area (Å²) in [4.78, 5) is 12.9. The molecule has 19 heavy (non-hydrogen) atoms. The first-order chi connectivity index (χ1) is 9.24. The molecule has 2 heteroatoms. The van der Waals surface area contributed by atoms with Crippen LogP contribution in [0.15, 0.2) is 42.2 Å². The minimum Gasteiger partial charge on any atom is -0.490 e. The van der Waals surface area contributed by atoms with Gasteiger partial charge in [0, 0.05) is 0 Å². The van der Waals surface area contributed by atoms with Gasteiger partial charge in [0.15, 0.2) is 5.76 Å². The van der Waals surface area contributed by atoms with E-state index in [1.807, 2.05) is 36.4 Å². The van der Waals surface area contributed by atoms with Crippen molar-refractivity contribution < 1.29 is 9.53 Å². The summed E-state index contributed by atoms with van der Waals surface area (Å²) in [7, 11) is 0. The Morgan fingerprint density at radius 2 is 1.89 bits per heavy atom. The van der Waals surface area contributed by atoms with Crippen LogP contribution in [-0.4, -0.2) is 12.4 Å². The number of carbonyl (C=O) groups is 1. The fourth-order valence-corrected chi connectivity index (χ4v) is 2.82. The first kappa shape index (κ1) is 13.9. The van der Waals surface area contributed by atoms with Crippen LogP contribution in [-0.2, 0) is 14.9 Å². The minimum absolute atomic E-state index is 0.142. The van der Waals surface area contributed by atoms with Gasteiger partial charge in [-0.05, 0) is 37.3 Å². The smallest absolute Gasteiger partial charge is 0.207 e. The Morgan fingerprint density at radius 1 is 1.21 bits per heavy atom. The molecule has 0 saturated carbocycles. The lowest BCUT2D eigenvalue weighted by Crippen LogP contribution is -2.37. The van der Waals surface area contributed by atoms with Gasteiger partial charge in [0.2, 0.25) is 5.78 Å². The second-order valence-corrected chi connectivity index (χ2v) is 5.04. The maximum Gasteiger partial charge on any atom is 0.207 e. The Kier molecular flexibility index (Phi) is 4.41. The molecule has 1 aliphatic rings. The molecule has 1 aromatic rings. The van der Waals surface area contributed by atoms with E-state index in [2.05, 4.69) is 13.8 Å². The standard InChI is InChI=1S/C17H22O2/c1-3-17(4-2,14-10-6-5-7-11-14)16(18)15-12-8-9-13-19-15/h5-7,10-12H,3-4,8-9,13H2,1-2H3. The second-order valence-electron chi connectivity index (χ2n) is 5.04. The van der Waals surface area contributed by atoms with Crippen molar-refractivity contribution >= 4 is 5.78 Å². The van der Waals surface area contributed by atoms with Crippen LogP contribution in [0.2, 0.25) is 0 Å². The van der Waals surface area contributed by atoms with E-state index in [4.69, 9.17) is 4.74 Å². The molecule has 2 rings (SSSR count). The summed E-state index contributed by atoms with van der Waals surface area (Å²) in [5, 5.41) is 0.